The maximum Gasteiger partial charge on any atom is 0.282 e. The lowest BCUT2D eigenvalue weighted by Gasteiger charge is -2.28. The Bertz CT molecular complexity index is 981. The van der Waals surface area contributed by atoms with Crippen molar-refractivity contribution in [3.8, 4) is 28.4 Å². The van der Waals surface area contributed by atoms with Crippen LogP contribution in [0.15, 0.2) is 66.7 Å². The van der Waals surface area contributed by atoms with E-state index in [1.807, 2.05) is 36.4 Å². The fourth-order valence-electron chi connectivity index (χ4n) is 3.02. The van der Waals surface area contributed by atoms with Crippen LogP contribution in [-0.2, 0) is 10.7 Å². The van der Waals surface area contributed by atoms with E-state index in [1.165, 1.54) is 18.2 Å². The van der Waals surface area contributed by atoms with Crippen LogP contribution in [0.25, 0.3) is 11.1 Å². The predicted octanol–water partition coefficient (Wildman–Crippen LogP) is 4.26. The molecule has 1 atom stereocenters. The van der Waals surface area contributed by atoms with Crippen LogP contribution >= 0.6 is 7.37 Å². The van der Waals surface area contributed by atoms with Crippen LogP contribution in [0.3, 0.4) is 0 Å². The number of hydrogen-bond acceptors (Lipinski definition) is 4. The van der Waals surface area contributed by atoms with Crippen LogP contribution in [0.2, 0.25) is 0 Å². The summed E-state index contributed by atoms with van der Waals surface area (Å²) in [6.07, 6.45) is 0.0125. The van der Waals surface area contributed by atoms with Crippen molar-refractivity contribution in [3.05, 3.63) is 72.3 Å². The van der Waals surface area contributed by atoms with Crippen LogP contribution in [0.4, 0.5) is 0 Å². The van der Waals surface area contributed by atoms with E-state index in [2.05, 4.69) is 0 Å². The summed E-state index contributed by atoms with van der Waals surface area (Å²) >= 11 is 0. The molecule has 4 rings (SSSR count). The Labute approximate surface area is 139 Å². The monoisotopic (exact) mass is 338 g/mol. The van der Waals surface area contributed by atoms with E-state index < -0.39 is 7.37 Å². The molecule has 1 unspecified atom stereocenters. The molecule has 0 saturated carbocycles. The Kier molecular flexibility index (Phi) is 3.36. The first-order valence-corrected chi connectivity index (χ1v) is 9.36. The van der Waals surface area contributed by atoms with Gasteiger partial charge in [0.25, 0.3) is 7.37 Å². The van der Waals surface area contributed by atoms with E-state index in [9.17, 15) is 14.8 Å². The number of phenolic OH excluding ortho intramolecular Hbond substituents is 2. The van der Waals surface area contributed by atoms with Gasteiger partial charge in [0.2, 0.25) is 0 Å². The quantitative estimate of drug-likeness (QED) is 0.541. The molecule has 0 bridgehead atoms. The Balaban J connectivity index is 1.87. The standard InChI is InChI=1S/C19H15O4P/c20-14-9-10-17(21)13(11-14)12-24(22)19-8-4-2-6-16(19)15-5-1-3-7-18(15)23-24/h1-11,20-21H,12H2. The molecule has 2 N–H and O–H groups in total. The van der Waals surface area contributed by atoms with Crippen LogP contribution < -0.4 is 9.83 Å². The van der Waals surface area contributed by atoms with Crippen molar-refractivity contribution in [3.63, 3.8) is 0 Å². The second kappa shape index (κ2) is 5.43. The largest absolute Gasteiger partial charge is 0.508 e. The zero-order valence-electron chi connectivity index (χ0n) is 12.7. The van der Waals surface area contributed by atoms with Crippen molar-refractivity contribution in [1.82, 2.24) is 0 Å². The lowest BCUT2D eigenvalue weighted by molar-refractivity contribution is 0.453. The van der Waals surface area contributed by atoms with Gasteiger partial charge in [0, 0.05) is 11.1 Å². The summed E-state index contributed by atoms with van der Waals surface area (Å²) in [4.78, 5) is 0. The molecule has 0 amide bonds. The lowest BCUT2D eigenvalue weighted by atomic mass is 10.0. The Morgan fingerprint density at radius 1 is 0.875 bits per heavy atom. The van der Waals surface area contributed by atoms with Gasteiger partial charge in [-0.25, -0.2) is 0 Å². The second-order valence-corrected chi connectivity index (χ2v) is 8.08. The molecule has 0 saturated heterocycles. The number of aromatic hydroxyl groups is 2. The van der Waals surface area contributed by atoms with Crippen molar-refractivity contribution < 1.29 is 19.3 Å². The number of rotatable bonds is 2. The highest BCUT2D eigenvalue weighted by Crippen LogP contribution is 2.57. The molecule has 0 fully saturated rings. The molecule has 1 aliphatic heterocycles. The van der Waals surface area contributed by atoms with Gasteiger partial charge in [-0.15, -0.1) is 0 Å². The van der Waals surface area contributed by atoms with E-state index in [0.717, 1.165) is 11.1 Å². The highest BCUT2D eigenvalue weighted by atomic mass is 31.2. The lowest BCUT2D eigenvalue weighted by Crippen LogP contribution is -2.18. The molecule has 5 heteroatoms. The molecule has 0 aromatic heterocycles. The molecule has 120 valence electrons. The van der Waals surface area contributed by atoms with Gasteiger partial charge in [-0.1, -0.05) is 36.4 Å². The van der Waals surface area contributed by atoms with E-state index >= 15 is 0 Å². The van der Waals surface area contributed by atoms with Gasteiger partial charge < -0.3 is 14.7 Å². The van der Waals surface area contributed by atoms with Crippen molar-refractivity contribution >= 4 is 12.7 Å². The predicted molar refractivity (Wildman–Crippen MR) is 93.2 cm³/mol. The average molecular weight is 338 g/mol. The molecule has 3 aromatic carbocycles. The summed E-state index contributed by atoms with van der Waals surface area (Å²) in [6, 6.07) is 19.1. The summed E-state index contributed by atoms with van der Waals surface area (Å²) in [5.41, 5.74) is 2.18. The van der Waals surface area contributed by atoms with E-state index in [1.54, 1.807) is 12.1 Å². The number of hydrogen-bond donors (Lipinski definition) is 2. The van der Waals surface area contributed by atoms with E-state index in [0.29, 0.717) is 16.6 Å². The highest BCUT2D eigenvalue weighted by molar-refractivity contribution is 7.67. The summed E-state index contributed by atoms with van der Waals surface area (Å²) in [7, 11) is -3.28. The zero-order valence-corrected chi connectivity index (χ0v) is 13.6. The van der Waals surface area contributed by atoms with Crippen LogP contribution in [0, 0.1) is 0 Å². The molecule has 1 aliphatic rings. The Hall–Kier alpha value is -2.71. The number of fused-ring (bicyclic) bond motifs is 3. The molecular weight excluding hydrogens is 323 g/mol. The SMILES string of the molecule is O=P1(Cc2cc(O)ccc2O)Oc2ccccc2-c2ccccc21. The van der Waals surface area contributed by atoms with Gasteiger partial charge in [0.05, 0.1) is 11.5 Å². The summed E-state index contributed by atoms with van der Waals surface area (Å²) < 4.78 is 19.5. The summed E-state index contributed by atoms with van der Waals surface area (Å²) in [5, 5.41) is 20.3. The summed E-state index contributed by atoms with van der Waals surface area (Å²) in [6.45, 7) is 0. The minimum absolute atomic E-state index is 0.0111. The van der Waals surface area contributed by atoms with Crippen LogP contribution in [0.5, 0.6) is 17.2 Å². The third kappa shape index (κ3) is 2.36. The number of para-hydroxylation sites is 1. The Morgan fingerprint density at radius 3 is 2.42 bits per heavy atom. The number of benzene rings is 3. The first-order valence-electron chi connectivity index (χ1n) is 7.55. The molecule has 3 aromatic rings. The van der Waals surface area contributed by atoms with Gasteiger partial charge in [-0.2, -0.15) is 0 Å². The second-order valence-electron chi connectivity index (χ2n) is 5.75. The van der Waals surface area contributed by atoms with Gasteiger partial charge in [0.1, 0.15) is 17.2 Å². The van der Waals surface area contributed by atoms with E-state index in [4.69, 9.17) is 4.52 Å². The topological polar surface area (TPSA) is 66.8 Å². The molecule has 4 nitrogen and oxygen atoms in total. The van der Waals surface area contributed by atoms with Crippen molar-refractivity contribution in [2.24, 2.45) is 0 Å². The smallest absolute Gasteiger partial charge is 0.282 e. The molecule has 0 aliphatic carbocycles. The first kappa shape index (κ1) is 14.9. The van der Waals surface area contributed by atoms with Gasteiger partial charge >= 0.3 is 0 Å². The van der Waals surface area contributed by atoms with E-state index in [-0.39, 0.29) is 17.7 Å². The first-order chi connectivity index (χ1) is 11.6. The van der Waals surface area contributed by atoms with Crippen molar-refractivity contribution in [2.45, 2.75) is 6.16 Å². The van der Waals surface area contributed by atoms with Crippen molar-refractivity contribution in [2.75, 3.05) is 0 Å². The third-order valence-corrected chi connectivity index (χ3v) is 6.51. The zero-order chi connectivity index (χ0) is 16.7. The molecule has 24 heavy (non-hydrogen) atoms. The fraction of sp³-hybridized carbons (Fsp3) is 0.0526. The van der Waals surface area contributed by atoms with Crippen molar-refractivity contribution in [1.29, 1.82) is 0 Å². The normalized spacial score (nSPS) is 18.3. The maximum absolute atomic E-state index is 13.6. The van der Waals surface area contributed by atoms with Gasteiger partial charge in [-0.3, -0.25) is 4.57 Å². The minimum atomic E-state index is -3.28. The number of phenols is 2. The minimum Gasteiger partial charge on any atom is -0.508 e. The highest BCUT2D eigenvalue weighted by Gasteiger charge is 2.36. The van der Waals surface area contributed by atoms with Crippen LogP contribution in [-0.4, -0.2) is 10.2 Å². The molecule has 0 radical (unpaired) electrons. The maximum atomic E-state index is 13.6. The average Bonchev–Trinajstić information content (AvgIpc) is 2.58. The molecule has 1 heterocycles. The Morgan fingerprint density at radius 2 is 1.58 bits per heavy atom. The molecular formula is C19H15O4P. The van der Waals surface area contributed by atoms with Gasteiger partial charge in [-0.05, 0) is 35.9 Å². The summed E-state index contributed by atoms with van der Waals surface area (Å²) in [5.74, 6) is 0.572. The van der Waals surface area contributed by atoms with Crippen LogP contribution in [0.1, 0.15) is 5.56 Å². The fourth-order valence-corrected chi connectivity index (χ4v) is 5.40. The third-order valence-electron chi connectivity index (χ3n) is 4.14. The molecule has 0 spiro atoms. The van der Waals surface area contributed by atoms with Gasteiger partial charge in [0.15, 0.2) is 0 Å².